The molecule has 2 nitrogen and oxygen atoms in total. The zero-order valence-electron chi connectivity index (χ0n) is 11.1. The van der Waals surface area contributed by atoms with Crippen molar-refractivity contribution in [1.82, 2.24) is 0 Å². The molecule has 0 aromatic heterocycles. The standard InChI is InChI=1S/C13H26O2/c1-7-13(6)8-11(2,3)9-14-10-12(4,5)15-13/h7-10H2,1-6H3. The smallest absolute Gasteiger partial charge is 0.0866 e. The van der Waals surface area contributed by atoms with E-state index in [1.54, 1.807) is 0 Å². The second-order valence-electron chi connectivity index (χ2n) is 6.50. The van der Waals surface area contributed by atoms with E-state index in [4.69, 9.17) is 9.47 Å². The Bertz CT molecular complexity index is 201. The number of ether oxygens (including phenoxy) is 2. The summed E-state index contributed by atoms with van der Waals surface area (Å²) >= 11 is 0. The Morgan fingerprint density at radius 3 is 2.13 bits per heavy atom. The topological polar surface area (TPSA) is 18.5 Å². The molecule has 0 amide bonds. The van der Waals surface area contributed by atoms with Crippen molar-refractivity contribution in [3.8, 4) is 0 Å². The van der Waals surface area contributed by atoms with Gasteiger partial charge in [0.2, 0.25) is 0 Å². The van der Waals surface area contributed by atoms with E-state index in [-0.39, 0.29) is 16.6 Å². The van der Waals surface area contributed by atoms with Crippen LogP contribution in [-0.2, 0) is 9.47 Å². The first kappa shape index (κ1) is 13.0. The van der Waals surface area contributed by atoms with Crippen LogP contribution in [0.25, 0.3) is 0 Å². The molecular weight excluding hydrogens is 188 g/mol. The van der Waals surface area contributed by atoms with Crippen molar-refractivity contribution in [2.75, 3.05) is 13.2 Å². The van der Waals surface area contributed by atoms with Gasteiger partial charge in [-0.05, 0) is 39.0 Å². The van der Waals surface area contributed by atoms with Gasteiger partial charge in [0.05, 0.1) is 24.4 Å². The molecule has 1 saturated heterocycles. The molecule has 0 aliphatic carbocycles. The van der Waals surface area contributed by atoms with Gasteiger partial charge in [0.1, 0.15) is 0 Å². The average Bonchev–Trinajstić information content (AvgIpc) is 1.98. The molecule has 0 spiro atoms. The number of rotatable bonds is 1. The maximum absolute atomic E-state index is 6.23. The van der Waals surface area contributed by atoms with Crippen LogP contribution in [0.4, 0.5) is 0 Å². The summed E-state index contributed by atoms with van der Waals surface area (Å²) in [5.74, 6) is 0. The molecule has 1 heterocycles. The predicted molar refractivity (Wildman–Crippen MR) is 63.1 cm³/mol. The van der Waals surface area contributed by atoms with Gasteiger partial charge in [0.15, 0.2) is 0 Å². The summed E-state index contributed by atoms with van der Waals surface area (Å²) in [6, 6.07) is 0. The molecular formula is C13H26O2. The summed E-state index contributed by atoms with van der Waals surface area (Å²) in [7, 11) is 0. The fourth-order valence-electron chi connectivity index (χ4n) is 2.57. The van der Waals surface area contributed by atoms with Gasteiger partial charge in [0.25, 0.3) is 0 Å². The van der Waals surface area contributed by atoms with E-state index in [1.165, 1.54) is 0 Å². The van der Waals surface area contributed by atoms with Gasteiger partial charge in [-0.15, -0.1) is 0 Å². The predicted octanol–water partition coefficient (Wildman–Crippen LogP) is 3.40. The van der Waals surface area contributed by atoms with Gasteiger partial charge in [0, 0.05) is 0 Å². The molecule has 0 radical (unpaired) electrons. The largest absolute Gasteiger partial charge is 0.378 e. The highest BCUT2D eigenvalue weighted by Gasteiger charge is 2.39. The van der Waals surface area contributed by atoms with Crippen LogP contribution in [0.2, 0.25) is 0 Å². The molecule has 1 aliphatic rings. The highest BCUT2D eigenvalue weighted by atomic mass is 16.6. The Kier molecular flexibility index (Phi) is 3.52. The van der Waals surface area contributed by atoms with Crippen LogP contribution in [0.15, 0.2) is 0 Å². The van der Waals surface area contributed by atoms with E-state index in [9.17, 15) is 0 Å². The van der Waals surface area contributed by atoms with Gasteiger partial charge in [-0.2, -0.15) is 0 Å². The van der Waals surface area contributed by atoms with Crippen molar-refractivity contribution in [2.24, 2.45) is 5.41 Å². The number of hydrogen-bond donors (Lipinski definition) is 0. The second-order valence-corrected chi connectivity index (χ2v) is 6.50. The molecule has 1 fully saturated rings. The monoisotopic (exact) mass is 214 g/mol. The second kappa shape index (κ2) is 4.06. The summed E-state index contributed by atoms with van der Waals surface area (Å²) in [5, 5.41) is 0. The highest BCUT2D eigenvalue weighted by Crippen LogP contribution is 2.37. The molecule has 0 aromatic carbocycles. The summed E-state index contributed by atoms with van der Waals surface area (Å²) < 4.78 is 11.9. The van der Waals surface area contributed by atoms with Crippen LogP contribution < -0.4 is 0 Å². The first-order chi connectivity index (χ1) is 6.68. The normalized spacial score (nSPS) is 35.6. The van der Waals surface area contributed by atoms with Gasteiger partial charge in [-0.1, -0.05) is 20.8 Å². The first-order valence-electron chi connectivity index (χ1n) is 5.96. The SMILES string of the molecule is CCC1(C)CC(C)(C)COCC(C)(C)O1. The number of hydrogen-bond acceptors (Lipinski definition) is 2. The summed E-state index contributed by atoms with van der Waals surface area (Å²) in [6.45, 7) is 14.7. The molecule has 1 rings (SSSR count). The molecule has 0 saturated carbocycles. The van der Waals surface area contributed by atoms with E-state index in [2.05, 4.69) is 41.5 Å². The average molecular weight is 214 g/mol. The Balaban J connectivity index is 2.83. The molecule has 15 heavy (non-hydrogen) atoms. The van der Waals surface area contributed by atoms with Crippen molar-refractivity contribution < 1.29 is 9.47 Å². The van der Waals surface area contributed by atoms with Crippen LogP contribution in [0.3, 0.4) is 0 Å². The van der Waals surface area contributed by atoms with E-state index >= 15 is 0 Å². The van der Waals surface area contributed by atoms with Crippen molar-refractivity contribution in [1.29, 1.82) is 0 Å². The zero-order valence-corrected chi connectivity index (χ0v) is 11.1. The van der Waals surface area contributed by atoms with E-state index < -0.39 is 0 Å². The molecule has 1 atom stereocenters. The van der Waals surface area contributed by atoms with Crippen molar-refractivity contribution in [3.63, 3.8) is 0 Å². The lowest BCUT2D eigenvalue weighted by Gasteiger charge is -2.45. The lowest BCUT2D eigenvalue weighted by Crippen LogP contribution is -2.47. The molecule has 1 unspecified atom stereocenters. The third-order valence-corrected chi connectivity index (χ3v) is 3.07. The summed E-state index contributed by atoms with van der Waals surface area (Å²) in [6.07, 6.45) is 2.11. The van der Waals surface area contributed by atoms with Crippen molar-refractivity contribution in [2.45, 2.75) is 65.6 Å². The van der Waals surface area contributed by atoms with Crippen LogP contribution in [0.5, 0.6) is 0 Å². The Morgan fingerprint density at radius 2 is 1.60 bits per heavy atom. The van der Waals surface area contributed by atoms with Gasteiger partial charge < -0.3 is 9.47 Å². The van der Waals surface area contributed by atoms with E-state index in [1.807, 2.05) is 0 Å². The lowest BCUT2D eigenvalue weighted by atomic mass is 9.79. The molecule has 0 aromatic rings. The van der Waals surface area contributed by atoms with Crippen LogP contribution in [0.1, 0.15) is 54.4 Å². The minimum Gasteiger partial charge on any atom is -0.378 e. The third kappa shape index (κ3) is 3.76. The summed E-state index contributed by atoms with van der Waals surface area (Å²) in [5.41, 5.74) is 0.0271. The van der Waals surface area contributed by atoms with Gasteiger partial charge in [-0.25, -0.2) is 0 Å². The fourth-order valence-corrected chi connectivity index (χ4v) is 2.57. The van der Waals surface area contributed by atoms with Gasteiger partial charge >= 0.3 is 0 Å². The molecule has 0 N–H and O–H groups in total. The van der Waals surface area contributed by atoms with E-state index in [0.717, 1.165) is 19.4 Å². The van der Waals surface area contributed by atoms with Crippen molar-refractivity contribution >= 4 is 0 Å². The third-order valence-electron chi connectivity index (χ3n) is 3.07. The quantitative estimate of drug-likeness (QED) is 0.666. The van der Waals surface area contributed by atoms with Crippen molar-refractivity contribution in [3.05, 3.63) is 0 Å². The minimum atomic E-state index is -0.165. The van der Waals surface area contributed by atoms with Gasteiger partial charge in [-0.3, -0.25) is 0 Å². The van der Waals surface area contributed by atoms with E-state index in [0.29, 0.717) is 6.61 Å². The Morgan fingerprint density at radius 1 is 1.00 bits per heavy atom. The molecule has 90 valence electrons. The zero-order chi connectivity index (χ0) is 11.7. The minimum absolute atomic E-state index is 0.0171. The van der Waals surface area contributed by atoms with Crippen LogP contribution >= 0.6 is 0 Å². The maximum atomic E-state index is 6.23. The Labute approximate surface area is 94.3 Å². The fraction of sp³-hybridized carbons (Fsp3) is 1.00. The maximum Gasteiger partial charge on any atom is 0.0866 e. The van der Waals surface area contributed by atoms with Crippen LogP contribution in [0, 0.1) is 5.41 Å². The lowest BCUT2D eigenvalue weighted by molar-refractivity contribution is -0.198. The first-order valence-corrected chi connectivity index (χ1v) is 5.96. The molecule has 0 bridgehead atoms. The molecule has 2 heteroatoms. The highest BCUT2D eigenvalue weighted by molar-refractivity contribution is 4.88. The Hall–Kier alpha value is -0.0800. The van der Waals surface area contributed by atoms with Crippen LogP contribution in [-0.4, -0.2) is 24.4 Å². The summed E-state index contributed by atoms with van der Waals surface area (Å²) in [4.78, 5) is 0. The molecule has 1 aliphatic heterocycles.